The summed E-state index contributed by atoms with van der Waals surface area (Å²) in [6.45, 7) is 6.21. The number of rotatable bonds is 6. The molecule has 1 aromatic heterocycles. The Hall–Kier alpha value is -1.41. The Balaban J connectivity index is 1.57. The molecular weight excluding hydrogens is 335 g/mol. The maximum atomic E-state index is 12.5. The number of ether oxygens (including phenoxy) is 2. The molecule has 0 aliphatic carbocycles. The summed E-state index contributed by atoms with van der Waals surface area (Å²) in [5.74, 6) is 0.128. The van der Waals surface area contributed by atoms with Crippen LogP contribution in [0.1, 0.15) is 45.2 Å². The van der Waals surface area contributed by atoms with Crippen molar-refractivity contribution in [3.8, 4) is 5.88 Å². The Kier molecular flexibility index (Phi) is 5.20. The van der Waals surface area contributed by atoms with Gasteiger partial charge in [-0.1, -0.05) is 0 Å². The molecule has 8 heteroatoms. The average molecular weight is 359 g/mol. The van der Waals surface area contributed by atoms with E-state index in [4.69, 9.17) is 9.47 Å². The minimum atomic E-state index is -4.48. The summed E-state index contributed by atoms with van der Waals surface area (Å²) >= 11 is 0. The smallest absolute Gasteiger partial charge is 0.434 e. The van der Waals surface area contributed by atoms with E-state index in [1.165, 1.54) is 0 Å². The molecule has 0 unspecified atom stereocenters. The Morgan fingerprint density at radius 2 is 2.08 bits per heavy atom. The quantitative estimate of drug-likeness (QED) is 0.780. The first kappa shape index (κ1) is 18.4. The van der Waals surface area contributed by atoms with Gasteiger partial charge in [0.25, 0.3) is 0 Å². The van der Waals surface area contributed by atoms with E-state index in [1.807, 2.05) is 13.8 Å². The molecule has 0 N–H and O–H groups in total. The van der Waals surface area contributed by atoms with Gasteiger partial charge in [0, 0.05) is 11.6 Å². The number of nitrogens with zero attached hydrogens (tertiary/aromatic N) is 3. The molecule has 2 atom stereocenters. The summed E-state index contributed by atoms with van der Waals surface area (Å²) < 4.78 is 49.0. The van der Waals surface area contributed by atoms with Gasteiger partial charge in [-0.15, -0.1) is 0 Å². The van der Waals surface area contributed by atoms with Crippen LogP contribution in [-0.2, 0) is 10.9 Å². The molecule has 25 heavy (non-hydrogen) atoms. The maximum absolute atomic E-state index is 12.5. The molecule has 0 aromatic carbocycles. The highest BCUT2D eigenvalue weighted by Gasteiger charge is 2.49. The van der Waals surface area contributed by atoms with Gasteiger partial charge in [-0.25, -0.2) is 9.97 Å². The molecule has 0 spiro atoms. The summed E-state index contributed by atoms with van der Waals surface area (Å²) in [4.78, 5) is 9.55. The van der Waals surface area contributed by atoms with Gasteiger partial charge in [0.15, 0.2) is 5.69 Å². The molecule has 1 aromatic rings. The van der Waals surface area contributed by atoms with Crippen molar-refractivity contribution < 1.29 is 22.6 Å². The highest BCUT2D eigenvalue weighted by Crippen LogP contribution is 2.42. The molecule has 2 fully saturated rings. The standard InChI is InChI=1S/C17H24F3N3O2/c1-12(2)25-11-16-5-3-7-23(16)13(4-6-16)10-24-15-9-21-14(8-22-15)17(18,19)20/h8-9,12-13H,3-7,10-11H2,1-2H3/t13-,16-/m0/s1. The fourth-order valence-corrected chi connectivity index (χ4v) is 3.83. The van der Waals surface area contributed by atoms with Crippen LogP contribution in [0, 0.1) is 0 Å². The first-order chi connectivity index (χ1) is 11.8. The van der Waals surface area contributed by atoms with Crippen LogP contribution >= 0.6 is 0 Å². The average Bonchev–Trinajstić information content (AvgIpc) is 3.10. The van der Waals surface area contributed by atoms with Crippen LogP contribution in [0.4, 0.5) is 13.2 Å². The van der Waals surface area contributed by atoms with E-state index in [2.05, 4.69) is 14.9 Å². The molecule has 5 nitrogen and oxygen atoms in total. The second-order valence-electron chi connectivity index (χ2n) is 7.12. The van der Waals surface area contributed by atoms with Crippen molar-refractivity contribution in [3.63, 3.8) is 0 Å². The van der Waals surface area contributed by atoms with E-state index in [9.17, 15) is 13.2 Å². The molecule has 2 aliphatic heterocycles. The SMILES string of the molecule is CC(C)OC[C@@]12CCCN1[C@H](COc1cnc(C(F)(F)F)cn1)CC2. The largest absolute Gasteiger partial charge is 0.475 e. The maximum Gasteiger partial charge on any atom is 0.434 e. The van der Waals surface area contributed by atoms with Crippen LogP contribution in [0.15, 0.2) is 12.4 Å². The van der Waals surface area contributed by atoms with E-state index in [-0.39, 0.29) is 23.6 Å². The van der Waals surface area contributed by atoms with Crippen molar-refractivity contribution in [2.45, 2.75) is 63.4 Å². The highest BCUT2D eigenvalue weighted by molar-refractivity contribution is 5.10. The van der Waals surface area contributed by atoms with E-state index >= 15 is 0 Å². The van der Waals surface area contributed by atoms with Crippen molar-refractivity contribution in [2.75, 3.05) is 19.8 Å². The van der Waals surface area contributed by atoms with Gasteiger partial charge in [-0.2, -0.15) is 13.2 Å². The monoisotopic (exact) mass is 359 g/mol. The van der Waals surface area contributed by atoms with Gasteiger partial charge < -0.3 is 9.47 Å². The van der Waals surface area contributed by atoms with Crippen LogP contribution in [0.3, 0.4) is 0 Å². The zero-order valence-electron chi connectivity index (χ0n) is 14.6. The molecule has 0 saturated carbocycles. The fourth-order valence-electron chi connectivity index (χ4n) is 3.83. The van der Waals surface area contributed by atoms with Crippen molar-refractivity contribution in [1.82, 2.24) is 14.9 Å². The number of halogens is 3. The van der Waals surface area contributed by atoms with Gasteiger partial charge >= 0.3 is 6.18 Å². The van der Waals surface area contributed by atoms with Crippen molar-refractivity contribution in [1.29, 1.82) is 0 Å². The van der Waals surface area contributed by atoms with Gasteiger partial charge in [0.05, 0.1) is 25.1 Å². The van der Waals surface area contributed by atoms with Crippen molar-refractivity contribution >= 4 is 0 Å². The van der Waals surface area contributed by atoms with E-state index in [1.54, 1.807) is 0 Å². The zero-order valence-corrected chi connectivity index (χ0v) is 14.6. The van der Waals surface area contributed by atoms with Crippen LogP contribution < -0.4 is 4.74 Å². The van der Waals surface area contributed by atoms with E-state index in [0.717, 1.165) is 45.0 Å². The molecule has 0 amide bonds. The Labute approximate surface area is 145 Å². The first-order valence-electron chi connectivity index (χ1n) is 8.70. The molecule has 0 radical (unpaired) electrons. The van der Waals surface area contributed by atoms with Crippen LogP contribution in [0.5, 0.6) is 5.88 Å². The van der Waals surface area contributed by atoms with Gasteiger partial charge in [0.2, 0.25) is 5.88 Å². The minimum absolute atomic E-state index is 0.0874. The second-order valence-corrected chi connectivity index (χ2v) is 7.12. The second kappa shape index (κ2) is 7.07. The summed E-state index contributed by atoms with van der Waals surface area (Å²) in [5, 5.41) is 0. The number of hydrogen-bond acceptors (Lipinski definition) is 5. The zero-order chi connectivity index (χ0) is 18.1. The summed E-state index contributed by atoms with van der Waals surface area (Å²) in [5.41, 5.74) is -0.922. The molecule has 140 valence electrons. The Bertz CT molecular complexity index is 579. The summed E-state index contributed by atoms with van der Waals surface area (Å²) in [6.07, 6.45) is 1.78. The lowest BCUT2D eigenvalue weighted by Crippen LogP contribution is -2.47. The first-order valence-corrected chi connectivity index (χ1v) is 8.70. The third kappa shape index (κ3) is 4.06. The lowest BCUT2D eigenvalue weighted by Gasteiger charge is -2.35. The molecular formula is C17H24F3N3O2. The summed E-state index contributed by atoms with van der Waals surface area (Å²) in [6, 6.07) is 0.238. The van der Waals surface area contributed by atoms with Gasteiger partial charge in [-0.3, -0.25) is 4.90 Å². The number of hydrogen-bond donors (Lipinski definition) is 0. The van der Waals surface area contributed by atoms with Crippen molar-refractivity contribution in [3.05, 3.63) is 18.1 Å². The van der Waals surface area contributed by atoms with Gasteiger partial charge in [-0.05, 0) is 46.1 Å². The third-order valence-corrected chi connectivity index (χ3v) is 5.06. The Morgan fingerprint density at radius 3 is 2.72 bits per heavy atom. The molecule has 2 aliphatic rings. The van der Waals surface area contributed by atoms with Crippen LogP contribution in [0.25, 0.3) is 0 Å². The van der Waals surface area contributed by atoms with Gasteiger partial charge in [0.1, 0.15) is 6.61 Å². The topological polar surface area (TPSA) is 47.5 Å². The predicted octanol–water partition coefficient (Wildman–Crippen LogP) is 3.30. The lowest BCUT2D eigenvalue weighted by atomic mass is 9.95. The fraction of sp³-hybridized carbons (Fsp3) is 0.765. The highest BCUT2D eigenvalue weighted by atomic mass is 19.4. The minimum Gasteiger partial charge on any atom is -0.475 e. The van der Waals surface area contributed by atoms with Crippen molar-refractivity contribution in [2.24, 2.45) is 0 Å². The van der Waals surface area contributed by atoms with E-state index < -0.39 is 11.9 Å². The number of aromatic nitrogens is 2. The van der Waals surface area contributed by atoms with Crippen LogP contribution in [-0.4, -0.2) is 52.3 Å². The number of fused-ring (bicyclic) bond motifs is 1. The Morgan fingerprint density at radius 1 is 1.28 bits per heavy atom. The summed E-state index contributed by atoms with van der Waals surface area (Å²) in [7, 11) is 0. The molecule has 3 rings (SSSR count). The molecule has 0 bridgehead atoms. The lowest BCUT2D eigenvalue weighted by molar-refractivity contribution is -0.141. The van der Waals surface area contributed by atoms with E-state index in [0.29, 0.717) is 12.8 Å². The molecule has 2 saturated heterocycles. The molecule has 3 heterocycles. The third-order valence-electron chi connectivity index (χ3n) is 5.06. The van der Waals surface area contributed by atoms with Crippen LogP contribution in [0.2, 0.25) is 0 Å². The predicted molar refractivity (Wildman–Crippen MR) is 85.3 cm³/mol. The normalized spacial score (nSPS) is 27.0. The number of alkyl halides is 3.